The lowest BCUT2D eigenvalue weighted by atomic mass is 10.1. The van der Waals surface area contributed by atoms with Crippen molar-refractivity contribution in [2.45, 2.75) is 13.3 Å². The summed E-state index contributed by atoms with van der Waals surface area (Å²) < 4.78 is 1.35. The molecule has 0 radical (unpaired) electrons. The number of nitrogens with one attached hydrogen (secondary N) is 1. The molecule has 0 bridgehead atoms. The summed E-state index contributed by atoms with van der Waals surface area (Å²) in [4.78, 5) is 32.5. The molecule has 22 heavy (non-hydrogen) atoms. The summed E-state index contributed by atoms with van der Waals surface area (Å²) >= 11 is 0. The fourth-order valence-corrected chi connectivity index (χ4v) is 2.18. The van der Waals surface area contributed by atoms with Crippen LogP contribution in [0.2, 0.25) is 0 Å². The molecule has 6 heteroatoms. The Morgan fingerprint density at radius 2 is 2.18 bits per heavy atom. The van der Waals surface area contributed by atoms with E-state index >= 15 is 0 Å². The van der Waals surface area contributed by atoms with Crippen molar-refractivity contribution in [2.24, 2.45) is 0 Å². The molecule has 0 saturated heterocycles. The molecule has 0 saturated carbocycles. The molecule has 3 rings (SSSR count). The van der Waals surface area contributed by atoms with Gasteiger partial charge in [0.15, 0.2) is 11.6 Å². The molecule has 0 unspecified atom stereocenters. The molecule has 3 heterocycles. The first-order chi connectivity index (χ1) is 10.7. The summed E-state index contributed by atoms with van der Waals surface area (Å²) in [6.45, 7) is 1.79. The van der Waals surface area contributed by atoms with Crippen molar-refractivity contribution in [3.8, 4) is 16.9 Å². The molecule has 0 aliphatic rings. The number of nitrogens with zero attached hydrogens (tertiary/aromatic N) is 3. The molecule has 0 spiro atoms. The molecular formula is C16H14N4O2. The lowest BCUT2D eigenvalue weighted by Gasteiger charge is -2.01. The van der Waals surface area contributed by atoms with Gasteiger partial charge in [-0.1, -0.05) is 13.0 Å². The summed E-state index contributed by atoms with van der Waals surface area (Å²) in [5, 5.41) is 2.88. The molecule has 0 aliphatic heterocycles. The maximum absolute atomic E-state index is 12.5. The highest BCUT2D eigenvalue weighted by Gasteiger charge is 2.12. The number of aromatic nitrogens is 4. The number of carbonyl (C=O) groups is 1. The molecule has 0 atom stereocenters. The van der Waals surface area contributed by atoms with Gasteiger partial charge in [-0.15, -0.1) is 0 Å². The Labute approximate surface area is 126 Å². The standard InChI is InChI=1S/C16H14N4O2/c1-2-14(21)12-7-11(8-17-9-12)13-10-19-20(16(13)22)15-5-3-4-6-18-15/h3-10,19H,2H2,1H3. The number of ketones is 1. The van der Waals surface area contributed by atoms with E-state index in [2.05, 4.69) is 15.1 Å². The molecule has 6 nitrogen and oxygen atoms in total. The average Bonchev–Trinajstić information content (AvgIpc) is 2.96. The van der Waals surface area contributed by atoms with Crippen molar-refractivity contribution in [1.29, 1.82) is 0 Å². The third kappa shape index (κ3) is 2.46. The van der Waals surface area contributed by atoms with Crippen LogP contribution >= 0.6 is 0 Å². The SMILES string of the molecule is CCC(=O)c1cncc(-c2c[nH]n(-c3ccccn3)c2=O)c1. The second-order valence-corrected chi connectivity index (χ2v) is 4.75. The Morgan fingerprint density at radius 1 is 1.32 bits per heavy atom. The van der Waals surface area contributed by atoms with Gasteiger partial charge in [0.2, 0.25) is 0 Å². The van der Waals surface area contributed by atoms with Crippen molar-refractivity contribution in [3.05, 3.63) is 65.0 Å². The summed E-state index contributed by atoms with van der Waals surface area (Å²) in [7, 11) is 0. The van der Waals surface area contributed by atoms with E-state index in [1.54, 1.807) is 49.8 Å². The quantitative estimate of drug-likeness (QED) is 0.748. The minimum Gasteiger partial charge on any atom is -0.296 e. The fourth-order valence-electron chi connectivity index (χ4n) is 2.18. The molecule has 3 aromatic rings. The third-order valence-electron chi connectivity index (χ3n) is 3.34. The zero-order chi connectivity index (χ0) is 15.5. The van der Waals surface area contributed by atoms with Crippen molar-refractivity contribution in [1.82, 2.24) is 19.7 Å². The normalized spacial score (nSPS) is 10.6. The Hall–Kier alpha value is -3.02. The molecule has 1 N–H and O–H groups in total. The summed E-state index contributed by atoms with van der Waals surface area (Å²) in [6, 6.07) is 7.00. The van der Waals surface area contributed by atoms with Gasteiger partial charge < -0.3 is 0 Å². The van der Waals surface area contributed by atoms with Crippen LogP contribution in [0, 0.1) is 0 Å². The van der Waals surface area contributed by atoms with Gasteiger partial charge >= 0.3 is 0 Å². The van der Waals surface area contributed by atoms with Crippen LogP contribution < -0.4 is 5.56 Å². The molecular weight excluding hydrogens is 280 g/mol. The van der Waals surface area contributed by atoms with Gasteiger partial charge in [-0.25, -0.2) is 9.67 Å². The molecule has 0 fully saturated rings. The first kappa shape index (κ1) is 13.9. The maximum atomic E-state index is 12.5. The van der Waals surface area contributed by atoms with E-state index in [4.69, 9.17) is 0 Å². The van der Waals surface area contributed by atoms with Gasteiger partial charge in [-0.2, -0.15) is 0 Å². The molecule has 0 amide bonds. The minimum atomic E-state index is -0.235. The van der Waals surface area contributed by atoms with Crippen molar-refractivity contribution in [2.75, 3.05) is 0 Å². The van der Waals surface area contributed by atoms with Gasteiger partial charge in [0.05, 0.1) is 5.56 Å². The van der Waals surface area contributed by atoms with Crippen LogP contribution in [0.3, 0.4) is 0 Å². The van der Waals surface area contributed by atoms with Crippen LogP contribution in [0.1, 0.15) is 23.7 Å². The largest absolute Gasteiger partial charge is 0.296 e. The van der Waals surface area contributed by atoms with E-state index in [1.807, 2.05) is 0 Å². The molecule has 3 aromatic heterocycles. The van der Waals surface area contributed by atoms with E-state index < -0.39 is 0 Å². The summed E-state index contributed by atoms with van der Waals surface area (Å²) in [6.07, 6.45) is 6.69. The monoisotopic (exact) mass is 294 g/mol. The van der Waals surface area contributed by atoms with Gasteiger partial charge in [0, 0.05) is 42.3 Å². The second-order valence-electron chi connectivity index (χ2n) is 4.75. The van der Waals surface area contributed by atoms with E-state index in [0.29, 0.717) is 28.9 Å². The summed E-state index contributed by atoms with van der Waals surface area (Å²) in [5.74, 6) is 0.502. The number of pyridine rings is 2. The van der Waals surface area contributed by atoms with Crippen LogP contribution in [-0.2, 0) is 0 Å². The lowest BCUT2D eigenvalue weighted by molar-refractivity contribution is 0.0988. The number of hydrogen-bond acceptors (Lipinski definition) is 4. The fraction of sp³-hybridized carbons (Fsp3) is 0.125. The number of carbonyl (C=O) groups excluding carboxylic acids is 1. The summed E-state index contributed by atoms with van der Waals surface area (Å²) in [5.41, 5.74) is 1.32. The van der Waals surface area contributed by atoms with Crippen molar-refractivity contribution in [3.63, 3.8) is 0 Å². The third-order valence-corrected chi connectivity index (χ3v) is 3.34. The van der Waals surface area contributed by atoms with Crippen LogP contribution in [0.4, 0.5) is 0 Å². The number of rotatable bonds is 4. The van der Waals surface area contributed by atoms with Crippen LogP contribution in [0.5, 0.6) is 0 Å². The minimum absolute atomic E-state index is 0.00469. The first-order valence-electron chi connectivity index (χ1n) is 6.91. The van der Waals surface area contributed by atoms with Crippen LogP contribution in [0.25, 0.3) is 16.9 Å². The maximum Gasteiger partial charge on any atom is 0.280 e. The molecule has 110 valence electrons. The predicted molar refractivity (Wildman–Crippen MR) is 82.0 cm³/mol. The Kier molecular flexibility index (Phi) is 3.65. The van der Waals surface area contributed by atoms with Gasteiger partial charge in [0.25, 0.3) is 5.56 Å². The van der Waals surface area contributed by atoms with Crippen LogP contribution in [-0.4, -0.2) is 25.5 Å². The topological polar surface area (TPSA) is 80.6 Å². The van der Waals surface area contributed by atoms with E-state index in [-0.39, 0.29) is 11.3 Å². The predicted octanol–water partition coefficient (Wildman–Crippen LogP) is 2.22. The average molecular weight is 294 g/mol. The Bertz CT molecular complexity index is 865. The van der Waals surface area contributed by atoms with Gasteiger partial charge in [0.1, 0.15) is 0 Å². The van der Waals surface area contributed by atoms with Gasteiger partial charge in [-0.3, -0.25) is 19.7 Å². The number of Topliss-reactive ketones (excluding diaryl/α,β-unsaturated/α-hetero) is 1. The zero-order valence-corrected chi connectivity index (χ0v) is 12.0. The number of hydrogen-bond donors (Lipinski definition) is 1. The highest BCUT2D eigenvalue weighted by atomic mass is 16.1. The van der Waals surface area contributed by atoms with E-state index in [1.165, 1.54) is 10.9 Å². The highest BCUT2D eigenvalue weighted by molar-refractivity contribution is 5.96. The lowest BCUT2D eigenvalue weighted by Crippen LogP contribution is -2.16. The van der Waals surface area contributed by atoms with E-state index in [9.17, 15) is 9.59 Å². The highest BCUT2D eigenvalue weighted by Crippen LogP contribution is 2.16. The van der Waals surface area contributed by atoms with E-state index in [0.717, 1.165) is 0 Å². The van der Waals surface area contributed by atoms with Crippen molar-refractivity contribution >= 4 is 5.78 Å². The molecule has 0 aliphatic carbocycles. The molecule has 0 aromatic carbocycles. The first-order valence-corrected chi connectivity index (χ1v) is 6.91. The smallest absolute Gasteiger partial charge is 0.280 e. The number of aromatic amines is 1. The zero-order valence-electron chi connectivity index (χ0n) is 12.0. The van der Waals surface area contributed by atoms with Gasteiger partial charge in [-0.05, 0) is 18.2 Å². The Morgan fingerprint density at radius 3 is 2.91 bits per heavy atom. The Balaban J connectivity index is 2.06. The second kappa shape index (κ2) is 5.77. The van der Waals surface area contributed by atoms with Crippen LogP contribution in [0.15, 0.2) is 53.8 Å². The number of H-pyrrole nitrogens is 1. The van der Waals surface area contributed by atoms with Crippen molar-refractivity contribution < 1.29 is 4.79 Å².